The van der Waals surface area contributed by atoms with Gasteiger partial charge in [-0.1, -0.05) is 6.92 Å². The monoisotopic (exact) mass is 291 g/mol. The number of fused-ring (bicyclic) bond motifs is 1. The zero-order valence-electron chi connectivity index (χ0n) is 12.7. The smallest absolute Gasteiger partial charge is 0.258 e. The van der Waals surface area contributed by atoms with E-state index >= 15 is 0 Å². The van der Waals surface area contributed by atoms with Crippen LogP contribution in [0.4, 0.5) is 0 Å². The number of rotatable bonds is 7. The minimum Gasteiger partial charge on any atom is -0.490 e. The van der Waals surface area contributed by atoms with Gasteiger partial charge in [0.2, 0.25) is 0 Å². The molecule has 0 spiro atoms. The quantitative estimate of drug-likeness (QED) is 0.814. The molecule has 0 unspecified atom stereocenters. The maximum absolute atomic E-state index is 12.2. The first kappa shape index (κ1) is 15.3. The second-order valence-corrected chi connectivity index (χ2v) is 4.48. The molecule has 0 radical (unpaired) electrons. The van der Waals surface area contributed by atoms with Crippen LogP contribution in [0.25, 0.3) is 10.9 Å². The number of hydrogen-bond acceptors (Lipinski definition) is 5. The molecular weight excluding hydrogens is 270 g/mol. The molecule has 0 saturated heterocycles. The van der Waals surface area contributed by atoms with Crippen molar-refractivity contribution in [2.45, 2.75) is 27.3 Å². The molecule has 0 bridgehead atoms. The van der Waals surface area contributed by atoms with Crippen LogP contribution in [0.3, 0.4) is 0 Å². The van der Waals surface area contributed by atoms with Crippen molar-refractivity contribution in [3.05, 3.63) is 28.3 Å². The average molecular weight is 291 g/mol. The predicted molar refractivity (Wildman–Crippen MR) is 82.1 cm³/mol. The van der Waals surface area contributed by atoms with Crippen LogP contribution in [0.5, 0.6) is 11.5 Å². The van der Waals surface area contributed by atoms with E-state index in [2.05, 4.69) is 15.3 Å². The van der Waals surface area contributed by atoms with Gasteiger partial charge in [0.05, 0.1) is 30.7 Å². The fourth-order valence-corrected chi connectivity index (χ4v) is 2.06. The number of hydrogen-bond donors (Lipinski definition) is 2. The molecule has 0 amide bonds. The summed E-state index contributed by atoms with van der Waals surface area (Å²) in [4.78, 5) is 19.4. The average Bonchev–Trinajstić information content (AvgIpc) is 2.47. The molecule has 0 aliphatic carbocycles. The zero-order chi connectivity index (χ0) is 15.2. The molecule has 1 aromatic heterocycles. The van der Waals surface area contributed by atoms with Gasteiger partial charge in [-0.05, 0) is 26.5 Å². The number of nitrogens with zero attached hydrogens (tertiary/aromatic N) is 1. The number of ether oxygens (including phenoxy) is 2. The van der Waals surface area contributed by atoms with Crippen molar-refractivity contribution >= 4 is 10.9 Å². The third-order valence-corrected chi connectivity index (χ3v) is 2.96. The number of H-pyrrole nitrogens is 1. The molecule has 6 heteroatoms. The van der Waals surface area contributed by atoms with Crippen LogP contribution in [0.1, 0.15) is 26.6 Å². The van der Waals surface area contributed by atoms with E-state index in [1.54, 1.807) is 12.1 Å². The number of aromatic nitrogens is 2. The zero-order valence-corrected chi connectivity index (χ0v) is 12.7. The molecule has 2 rings (SSSR count). The SMILES string of the molecule is CCNCc1nc2cc(OCC)c(OCC)cc2c(=O)[nH]1. The summed E-state index contributed by atoms with van der Waals surface area (Å²) in [5.41, 5.74) is 0.440. The molecule has 1 aromatic carbocycles. The predicted octanol–water partition coefficient (Wildman–Crippen LogP) is 1.83. The van der Waals surface area contributed by atoms with Crippen LogP contribution in [0.15, 0.2) is 16.9 Å². The first-order valence-electron chi connectivity index (χ1n) is 7.22. The van der Waals surface area contributed by atoms with Crippen molar-refractivity contribution in [3.63, 3.8) is 0 Å². The molecule has 1 heterocycles. The summed E-state index contributed by atoms with van der Waals surface area (Å²) in [7, 11) is 0. The number of nitrogens with one attached hydrogen (secondary N) is 2. The van der Waals surface area contributed by atoms with E-state index in [0.717, 1.165) is 6.54 Å². The van der Waals surface area contributed by atoms with E-state index < -0.39 is 0 Å². The van der Waals surface area contributed by atoms with Gasteiger partial charge in [0.1, 0.15) is 5.82 Å². The van der Waals surface area contributed by atoms with E-state index in [1.807, 2.05) is 20.8 Å². The molecule has 0 aliphatic rings. The van der Waals surface area contributed by atoms with Crippen LogP contribution in [-0.4, -0.2) is 29.7 Å². The molecular formula is C15H21N3O3. The van der Waals surface area contributed by atoms with Gasteiger partial charge >= 0.3 is 0 Å². The molecule has 0 atom stereocenters. The number of aromatic amines is 1. The van der Waals surface area contributed by atoms with Gasteiger partial charge in [0.25, 0.3) is 5.56 Å². The summed E-state index contributed by atoms with van der Waals surface area (Å²) in [6.45, 7) is 8.17. The van der Waals surface area contributed by atoms with Gasteiger partial charge < -0.3 is 19.8 Å². The van der Waals surface area contributed by atoms with Crippen LogP contribution in [-0.2, 0) is 6.54 Å². The highest BCUT2D eigenvalue weighted by molar-refractivity contribution is 5.81. The fourth-order valence-electron chi connectivity index (χ4n) is 2.06. The minimum absolute atomic E-state index is 0.170. The molecule has 0 saturated carbocycles. The first-order valence-corrected chi connectivity index (χ1v) is 7.22. The largest absolute Gasteiger partial charge is 0.490 e. The van der Waals surface area contributed by atoms with Gasteiger partial charge in [0, 0.05) is 6.07 Å². The minimum atomic E-state index is -0.170. The summed E-state index contributed by atoms with van der Waals surface area (Å²) in [6.07, 6.45) is 0. The van der Waals surface area contributed by atoms with Crippen LogP contribution >= 0.6 is 0 Å². The van der Waals surface area contributed by atoms with Gasteiger partial charge in [0.15, 0.2) is 11.5 Å². The summed E-state index contributed by atoms with van der Waals surface area (Å²) >= 11 is 0. The van der Waals surface area contributed by atoms with E-state index in [0.29, 0.717) is 48.0 Å². The Labute approximate surface area is 123 Å². The Morgan fingerprint density at radius 2 is 1.81 bits per heavy atom. The topological polar surface area (TPSA) is 76.2 Å². The highest BCUT2D eigenvalue weighted by Gasteiger charge is 2.11. The maximum Gasteiger partial charge on any atom is 0.258 e. The van der Waals surface area contributed by atoms with Gasteiger partial charge in [-0.25, -0.2) is 4.98 Å². The Balaban J connectivity index is 2.52. The van der Waals surface area contributed by atoms with Gasteiger partial charge in [-0.2, -0.15) is 0 Å². The Morgan fingerprint density at radius 1 is 1.14 bits per heavy atom. The van der Waals surface area contributed by atoms with E-state index in [1.165, 1.54) is 0 Å². The highest BCUT2D eigenvalue weighted by Crippen LogP contribution is 2.30. The normalized spacial score (nSPS) is 10.8. The standard InChI is InChI=1S/C15H21N3O3/c1-4-16-9-14-17-11-8-13(21-6-3)12(20-5-2)7-10(11)15(19)18-14/h7-8,16H,4-6,9H2,1-3H3,(H,17,18,19). The van der Waals surface area contributed by atoms with Crippen LogP contribution in [0.2, 0.25) is 0 Å². The van der Waals surface area contributed by atoms with E-state index in [4.69, 9.17) is 9.47 Å². The van der Waals surface area contributed by atoms with Crippen molar-refractivity contribution in [3.8, 4) is 11.5 Å². The van der Waals surface area contributed by atoms with Crippen molar-refractivity contribution < 1.29 is 9.47 Å². The number of benzene rings is 1. The lowest BCUT2D eigenvalue weighted by atomic mass is 10.2. The lowest BCUT2D eigenvalue weighted by Crippen LogP contribution is -2.19. The summed E-state index contributed by atoms with van der Waals surface area (Å²) in [5, 5.41) is 3.64. The summed E-state index contributed by atoms with van der Waals surface area (Å²) in [6, 6.07) is 3.45. The molecule has 2 aromatic rings. The molecule has 2 N–H and O–H groups in total. The third-order valence-electron chi connectivity index (χ3n) is 2.96. The van der Waals surface area contributed by atoms with E-state index in [9.17, 15) is 4.79 Å². The van der Waals surface area contributed by atoms with Crippen molar-refractivity contribution in [1.82, 2.24) is 15.3 Å². The van der Waals surface area contributed by atoms with Crippen molar-refractivity contribution in [2.75, 3.05) is 19.8 Å². The molecule has 0 fully saturated rings. The van der Waals surface area contributed by atoms with Crippen LogP contribution in [0, 0.1) is 0 Å². The van der Waals surface area contributed by atoms with Gasteiger partial charge in [-0.15, -0.1) is 0 Å². The molecule has 114 valence electrons. The maximum atomic E-state index is 12.2. The molecule has 6 nitrogen and oxygen atoms in total. The second kappa shape index (κ2) is 7.08. The summed E-state index contributed by atoms with van der Waals surface area (Å²) in [5.74, 6) is 1.79. The van der Waals surface area contributed by atoms with Crippen LogP contribution < -0.4 is 20.3 Å². The highest BCUT2D eigenvalue weighted by atomic mass is 16.5. The second-order valence-electron chi connectivity index (χ2n) is 4.48. The Kier molecular flexibility index (Phi) is 5.16. The van der Waals surface area contributed by atoms with Crippen molar-refractivity contribution in [2.24, 2.45) is 0 Å². The van der Waals surface area contributed by atoms with E-state index in [-0.39, 0.29) is 5.56 Å². The van der Waals surface area contributed by atoms with Crippen molar-refractivity contribution in [1.29, 1.82) is 0 Å². The lowest BCUT2D eigenvalue weighted by molar-refractivity contribution is 0.288. The fraction of sp³-hybridized carbons (Fsp3) is 0.467. The van der Waals surface area contributed by atoms with Gasteiger partial charge in [-0.3, -0.25) is 4.79 Å². The third kappa shape index (κ3) is 3.52. The lowest BCUT2D eigenvalue weighted by Gasteiger charge is -2.12. The molecule has 21 heavy (non-hydrogen) atoms. The molecule has 0 aliphatic heterocycles. The Bertz CT molecular complexity index is 667. The Hall–Kier alpha value is -2.08. The summed E-state index contributed by atoms with van der Waals surface area (Å²) < 4.78 is 11.1. The first-order chi connectivity index (χ1) is 10.2. The Morgan fingerprint density at radius 3 is 2.43 bits per heavy atom.